The molecule has 94 valence electrons. The van der Waals surface area contributed by atoms with Crippen molar-refractivity contribution >= 4 is 17.2 Å². The molecule has 0 aromatic carbocycles. The first-order valence-corrected chi connectivity index (χ1v) is 7.20. The summed E-state index contributed by atoms with van der Waals surface area (Å²) in [5, 5.41) is 6.28. The molecule has 1 amide bonds. The van der Waals surface area contributed by atoms with Gasteiger partial charge in [-0.05, 0) is 37.9 Å². The normalized spacial score (nSPS) is 20.2. The quantitative estimate of drug-likeness (QED) is 0.861. The van der Waals surface area contributed by atoms with Gasteiger partial charge in [-0.1, -0.05) is 13.3 Å². The molecule has 1 aliphatic heterocycles. The van der Waals surface area contributed by atoms with Crippen molar-refractivity contribution in [2.75, 3.05) is 6.54 Å². The summed E-state index contributed by atoms with van der Waals surface area (Å²) in [6, 6.07) is 4.28. The molecule has 17 heavy (non-hydrogen) atoms. The highest BCUT2D eigenvalue weighted by atomic mass is 32.1. The number of rotatable bonds is 4. The fraction of sp³-hybridized carbons (Fsp3) is 0.615. The topological polar surface area (TPSA) is 41.1 Å². The Hall–Kier alpha value is -0.870. The first-order chi connectivity index (χ1) is 8.29. The molecule has 1 atom stereocenters. The van der Waals surface area contributed by atoms with Crippen LogP contribution in [0.2, 0.25) is 0 Å². The van der Waals surface area contributed by atoms with Gasteiger partial charge in [-0.3, -0.25) is 4.79 Å². The standard InChI is InChI=1S/C13H20N2OS/c1-2-10-6-7-11(17-10)9-15-13(16)12-5-3-4-8-14-12/h6-7,12,14H,2-5,8-9H2,1H3,(H,15,16). The Balaban J connectivity index is 1.78. The molecule has 1 saturated heterocycles. The Morgan fingerprint density at radius 1 is 1.47 bits per heavy atom. The molecular weight excluding hydrogens is 232 g/mol. The monoisotopic (exact) mass is 252 g/mol. The van der Waals surface area contributed by atoms with Crippen LogP contribution in [0.5, 0.6) is 0 Å². The van der Waals surface area contributed by atoms with E-state index < -0.39 is 0 Å². The largest absolute Gasteiger partial charge is 0.350 e. The van der Waals surface area contributed by atoms with E-state index in [1.54, 1.807) is 11.3 Å². The number of carbonyl (C=O) groups is 1. The van der Waals surface area contributed by atoms with Crippen LogP contribution in [0.15, 0.2) is 12.1 Å². The van der Waals surface area contributed by atoms with E-state index in [1.165, 1.54) is 16.2 Å². The summed E-state index contributed by atoms with van der Waals surface area (Å²) in [6.45, 7) is 3.79. The number of piperidine rings is 1. The number of thiophene rings is 1. The van der Waals surface area contributed by atoms with Crippen LogP contribution >= 0.6 is 11.3 Å². The number of hydrogen-bond donors (Lipinski definition) is 2. The third-order valence-electron chi connectivity index (χ3n) is 3.13. The van der Waals surface area contributed by atoms with E-state index in [1.807, 2.05) is 0 Å². The summed E-state index contributed by atoms with van der Waals surface area (Å²) < 4.78 is 0. The van der Waals surface area contributed by atoms with Gasteiger partial charge in [0.15, 0.2) is 0 Å². The maximum Gasteiger partial charge on any atom is 0.237 e. The van der Waals surface area contributed by atoms with Gasteiger partial charge in [0.25, 0.3) is 0 Å². The maximum atomic E-state index is 11.9. The molecule has 2 heterocycles. The minimum atomic E-state index is 0.0226. The summed E-state index contributed by atoms with van der Waals surface area (Å²) >= 11 is 1.79. The smallest absolute Gasteiger partial charge is 0.237 e. The van der Waals surface area contributed by atoms with Crippen molar-refractivity contribution in [3.8, 4) is 0 Å². The molecule has 2 rings (SSSR count). The number of hydrogen-bond acceptors (Lipinski definition) is 3. The van der Waals surface area contributed by atoms with Crippen LogP contribution < -0.4 is 10.6 Å². The molecule has 0 bridgehead atoms. The third-order valence-corrected chi connectivity index (χ3v) is 4.36. The fourth-order valence-electron chi connectivity index (χ4n) is 2.08. The van der Waals surface area contributed by atoms with Gasteiger partial charge in [0, 0.05) is 9.75 Å². The molecule has 1 aliphatic rings. The third kappa shape index (κ3) is 3.54. The number of carbonyl (C=O) groups excluding carboxylic acids is 1. The van der Waals surface area contributed by atoms with Crippen LogP contribution in [-0.4, -0.2) is 18.5 Å². The van der Waals surface area contributed by atoms with Crippen LogP contribution in [0.4, 0.5) is 0 Å². The molecule has 0 radical (unpaired) electrons. The van der Waals surface area contributed by atoms with E-state index in [2.05, 4.69) is 29.7 Å². The molecule has 1 fully saturated rings. The van der Waals surface area contributed by atoms with Crippen LogP contribution in [-0.2, 0) is 17.8 Å². The predicted molar refractivity (Wildman–Crippen MR) is 71.2 cm³/mol. The second-order valence-corrected chi connectivity index (χ2v) is 5.69. The summed E-state index contributed by atoms with van der Waals surface area (Å²) in [4.78, 5) is 14.5. The molecule has 0 saturated carbocycles. The van der Waals surface area contributed by atoms with Gasteiger partial charge in [-0.25, -0.2) is 0 Å². The zero-order chi connectivity index (χ0) is 12.1. The molecule has 0 aliphatic carbocycles. The Morgan fingerprint density at radius 3 is 2.94 bits per heavy atom. The fourth-order valence-corrected chi connectivity index (χ4v) is 2.98. The lowest BCUT2D eigenvalue weighted by atomic mass is 10.0. The summed E-state index contributed by atoms with van der Waals surface area (Å²) in [5.41, 5.74) is 0. The van der Waals surface area contributed by atoms with Crippen LogP contribution in [0, 0.1) is 0 Å². The molecule has 1 aromatic heterocycles. The zero-order valence-corrected chi connectivity index (χ0v) is 11.1. The van der Waals surface area contributed by atoms with Crippen molar-refractivity contribution in [3.05, 3.63) is 21.9 Å². The summed E-state index contributed by atoms with van der Waals surface area (Å²) in [5.74, 6) is 0.149. The molecule has 2 N–H and O–H groups in total. The van der Waals surface area contributed by atoms with Gasteiger partial charge < -0.3 is 10.6 Å². The molecule has 0 spiro atoms. The van der Waals surface area contributed by atoms with Gasteiger partial charge in [-0.2, -0.15) is 0 Å². The van der Waals surface area contributed by atoms with Crippen molar-refractivity contribution < 1.29 is 4.79 Å². The Kier molecular flexibility index (Phi) is 4.57. The highest BCUT2D eigenvalue weighted by Crippen LogP contribution is 2.16. The molecule has 1 aromatic rings. The van der Waals surface area contributed by atoms with Crippen molar-refractivity contribution in [2.24, 2.45) is 0 Å². The van der Waals surface area contributed by atoms with Gasteiger partial charge in [0.1, 0.15) is 0 Å². The summed E-state index contributed by atoms with van der Waals surface area (Å²) in [6.07, 6.45) is 4.39. The van der Waals surface area contributed by atoms with Crippen molar-refractivity contribution in [2.45, 2.75) is 45.2 Å². The van der Waals surface area contributed by atoms with Gasteiger partial charge >= 0.3 is 0 Å². The van der Waals surface area contributed by atoms with E-state index in [0.29, 0.717) is 6.54 Å². The summed E-state index contributed by atoms with van der Waals surface area (Å²) in [7, 11) is 0. The number of amides is 1. The van der Waals surface area contributed by atoms with Crippen LogP contribution in [0.3, 0.4) is 0 Å². The second-order valence-electron chi connectivity index (χ2n) is 4.44. The van der Waals surface area contributed by atoms with E-state index in [4.69, 9.17) is 0 Å². The lowest BCUT2D eigenvalue weighted by Crippen LogP contribution is -2.46. The first kappa shape index (κ1) is 12.6. The minimum absolute atomic E-state index is 0.0226. The molecular formula is C13H20N2OS. The Morgan fingerprint density at radius 2 is 2.29 bits per heavy atom. The Bertz CT molecular complexity index is 369. The highest BCUT2D eigenvalue weighted by molar-refractivity contribution is 7.11. The second kappa shape index (κ2) is 6.17. The van der Waals surface area contributed by atoms with E-state index in [0.717, 1.165) is 25.8 Å². The van der Waals surface area contributed by atoms with E-state index in [-0.39, 0.29) is 11.9 Å². The van der Waals surface area contributed by atoms with Crippen LogP contribution in [0.25, 0.3) is 0 Å². The van der Waals surface area contributed by atoms with Crippen molar-refractivity contribution in [1.29, 1.82) is 0 Å². The SMILES string of the molecule is CCc1ccc(CNC(=O)C2CCCCN2)s1. The lowest BCUT2D eigenvalue weighted by Gasteiger charge is -2.22. The maximum absolute atomic E-state index is 11.9. The molecule has 1 unspecified atom stereocenters. The predicted octanol–water partition coefficient (Wildman–Crippen LogP) is 2.07. The van der Waals surface area contributed by atoms with Gasteiger partial charge in [0.2, 0.25) is 5.91 Å². The molecule has 3 nitrogen and oxygen atoms in total. The lowest BCUT2D eigenvalue weighted by molar-refractivity contribution is -0.123. The number of aryl methyl sites for hydroxylation is 1. The zero-order valence-electron chi connectivity index (χ0n) is 10.3. The first-order valence-electron chi connectivity index (χ1n) is 6.38. The van der Waals surface area contributed by atoms with E-state index >= 15 is 0 Å². The van der Waals surface area contributed by atoms with Crippen molar-refractivity contribution in [1.82, 2.24) is 10.6 Å². The average molecular weight is 252 g/mol. The van der Waals surface area contributed by atoms with Crippen molar-refractivity contribution in [3.63, 3.8) is 0 Å². The minimum Gasteiger partial charge on any atom is -0.350 e. The molecule has 4 heteroatoms. The van der Waals surface area contributed by atoms with E-state index in [9.17, 15) is 4.79 Å². The Labute approximate surface area is 107 Å². The highest BCUT2D eigenvalue weighted by Gasteiger charge is 2.19. The van der Waals surface area contributed by atoms with Crippen LogP contribution in [0.1, 0.15) is 35.9 Å². The number of nitrogens with one attached hydrogen (secondary N) is 2. The van der Waals surface area contributed by atoms with Gasteiger partial charge in [-0.15, -0.1) is 11.3 Å². The van der Waals surface area contributed by atoms with Gasteiger partial charge in [0.05, 0.1) is 12.6 Å². The average Bonchev–Trinajstić information content (AvgIpc) is 2.85.